The quantitative estimate of drug-likeness (QED) is 0.405. The van der Waals surface area contributed by atoms with Crippen LogP contribution >= 0.6 is 23.2 Å². The summed E-state index contributed by atoms with van der Waals surface area (Å²) in [6, 6.07) is 8.40. The molecule has 1 aromatic heterocycles. The van der Waals surface area contributed by atoms with Crippen LogP contribution in [-0.4, -0.2) is 33.8 Å². The van der Waals surface area contributed by atoms with Crippen LogP contribution in [-0.2, 0) is 4.79 Å². The molecule has 0 spiro atoms. The van der Waals surface area contributed by atoms with Crippen molar-refractivity contribution in [2.75, 3.05) is 6.61 Å². The topological polar surface area (TPSA) is 82.5 Å². The highest BCUT2D eigenvalue weighted by atomic mass is 35.5. The summed E-state index contributed by atoms with van der Waals surface area (Å²) >= 11 is 12.2. The molecule has 4 atom stereocenters. The van der Waals surface area contributed by atoms with Gasteiger partial charge in [0, 0.05) is 23.3 Å². The van der Waals surface area contributed by atoms with Gasteiger partial charge in [-0.2, -0.15) is 0 Å². The maximum absolute atomic E-state index is 13.2. The van der Waals surface area contributed by atoms with Gasteiger partial charge in [0.05, 0.1) is 29.2 Å². The van der Waals surface area contributed by atoms with Crippen molar-refractivity contribution in [1.82, 2.24) is 10.3 Å². The summed E-state index contributed by atoms with van der Waals surface area (Å²) in [4.78, 5) is 17.4. The third-order valence-electron chi connectivity index (χ3n) is 5.61. The van der Waals surface area contributed by atoms with Gasteiger partial charge in [-0.15, -0.1) is 6.58 Å². The van der Waals surface area contributed by atoms with Crippen LogP contribution in [0.2, 0.25) is 10.0 Å². The first-order valence-corrected chi connectivity index (χ1v) is 11.1. The first-order chi connectivity index (χ1) is 14.7. The third kappa shape index (κ3) is 6.78. The standard InChI is InChI=1S/C24H30Cl2N2O3/c1-4-10-24(3,23(31)28-20(5-2)15-29)12-21(17-11-19(26)14-27-13-17)22(30)16-6-8-18(25)9-7-16/h4,6-9,11,13-14,20-22,29-30H,1,5,10,12,15H2,2-3H3,(H,28,31)/t20-,21-,22+,24+/m0/s1. The number of aliphatic hydroxyl groups excluding tert-OH is 2. The van der Waals surface area contributed by atoms with Crippen molar-refractivity contribution in [1.29, 1.82) is 0 Å². The number of nitrogens with zero attached hydrogens (tertiary/aromatic N) is 1. The van der Waals surface area contributed by atoms with Gasteiger partial charge in [0.25, 0.3) is 0 Å². The zero-order valence-electron chi connectivity index (χ0n) is 17.9. The molecule has 0 aliphatic rings. The van der Waals surface area contributed by atoms with Crippen LogP contribution in [0.25, 0.3) is 0 Å². The molecule has 1 heterocycles. The molecule has 31 heavy (non-hydrogen) atoms. The Morgan fingerprint density at radius 2 is 1.90 bits per heavy atom. The van der Waals surface area contributed by atoms with Crippen LogP contribution in [0.3, 0.4) is 0 Å². The molecule has 0 radical (unpaired) electrons. The smallest absolute Gasteiger partial charge is 0.226 e. The molecule has 1 aromatic carbocycles. The first-order valence-electron chi connectivity index (χ1n) is 10.3. The van der Waals surface area contributed by atoms with Gasteiger partial charge in [0.1, 0.15) is 0 Å². The van der Waals surface area contributed by atoms with Crippen molar-refractivity contribution < 1.29 is 15.0 Å². The minimum absolute atomic E-state index is 0.137. The largest absolute Gasteiger partial charge is 0.394 e. The van der Waals surface area contributed by atoms with E-state index < -0.39 is 17.4 Å². The van der Waals surface area contributed by atoms with Crippen molar-refractivity contribution in [2.45, 2.75) is 51.2 Å². The van der Waals surface area contributed by atoms with Crippen LogP contribution in [0.15, 0.2) is 55.4 Å². The Bertz CT molecular complexity index is 871. The number of hydrogen-bond donors (Lipinski definition) is 3. The Hall–Kier alpha value is -1.92. The average molecular weight is 465 g/mol. The van der Waals surface area contributed by atoms with Crippen LogP contribution in [0.1, 0.15) is 56.3 Å². The maximum atomic E-state index is 13.2. The van der Waals surface area contributed by atoms with E-state index in [9.17, 15) is 15.0 Å². The zero-order valence-corrected chi connectivity index (χ0v) is 19.4. The van der Waals surface area contributed by atoms with E-state index in [0.717, 1.165) is 5.56 Å². The summed E-state index contributed by atoms with van der Waals surface area (Å²) in [5.74, 6) is -0.658. The highest BCUT2D eigenvalue weighted by Crippen LogP contribution is 2.42. The fraction of sp³-hybridized carbons (Fsp3) is 0.417. The number of benzene rings is 1. The summed E-state index contributed by atoms with van der Waals surface area (Å²) in [7, 11) is 0. The summed E-state index contributed by atoms with van der Waals surface area (Å²) < 4.78 is 0. The van der Waals surface area contributed by atoms with Crippen molar-refractivity contribution in [3.63, 3.8) is 0 Å². The molecule has 0 saturated carbocycles. The number of aliphatic hydroxyl groups is 2. The van der Waals surface area contributed by atoms with Crippen LogP contribution < -0.4 is 5.32 Å². The molecule has 0 aliphatic carbocycles. The SMILES string of the molecule is C=CC[C@](C)(C[C@@H](c1cncc(Cl)c1)[C@H](O)c1ccc(Cl)cc1)C(=O)N[C@@H](CC)CO. The van der Waals surface area contributed by atoms with E-state index in [-0.39, 0.29) is 18.6 Å². The van der Waals surface area contributed by atoms with E-state index in [1.807, 2.05) is 13.8 Å². The number of carbonyl (C=O) groups excluding carboxylic acids is 1. The molecule has 0 fully saturated rings. The second-order valence-corrected chi connectivity index (χ2v) is 8.93. The Balaban J connectivity index is 2.44. The molecule has 0 bridgehead atoms. The second-order valence-electron chi connectivity index (χ2n) is 8.06. The van der Waals surface area contributed by atoms with E-state index in [4.69, 9.17) is 23.2 Å². The zero-order chi connectivity index (χ0) is 23.0. The predicted molar refractivity (Wildman–Crippen MR) is 125 cm³/mol. The number of allylic oxidation sites excluding steroid dienone is 1. The fourth-order valence-corrected chi connectivity index (χ4v) is 3.95. The van der Waals surface area contributed by atoms with Gasteiger partial charge in [-0.3, -0.25) is 9.78 Å². The van der Waals surface area contributed by atoms with E-state index in [0.29, 0.717) is 34.9 Å². The van der Waals surface area contributed by atoms with Gasteiger partial charge < -0.3 is 15.5 Å². The molecule has 2 aromatic rings. The molecule has 0 unspecified atom stereocenters. The number of pyridine rings is 1. The van der Waals surface area contributed by atoms with Crippen molar-refractivity contribution >= 4 is 29.1 Å². The van der Waals surface area contributed by atoms with Gasteiger partial charge in [0.15, 0.2) is 0 Å². The van der Waals surface area contributed by atoms with Crippen molar-refractivity contribution in [3.8, 4) is 0 Å². The lowest BCUT2D eigenvalue weighted by molar-refractivity contribution is -0.132. The van der Waals surface area contributed by atoms with Gasteiger partial charge >= 0.3 is 0 Å². The Morgan fingerprint density at radius 3 is 2.45 bits per heavy atom. The van der Waals surface area contributed by atoms with Gasteiger partial charge in [-0.25, -0.2) is 0 Å². The molecule has 168 valence electrons. The first kappa shape index (κ1) is 25.3. The highest BCUT2D eigenvalue weighted by molar-refractivity contribution is 6.30. The molecule has 3 N–H and O–H groups in total. The maximum Gasteiger partial charge on any atom is 0.226 e. The van der Waals surface area contributed by atoms with Crippen LogP contribution in [0, 0.1) is 5.41 Å². The van der Waals surface area contributed by atoms with Crippen LogP contribution in [0.4, 0.5) is 0 Å². The molecule has 0 saturated heterocycles. The normalized spacial score (nSPS) is 16.1. The van der Waals surface area contributed by atoms with E-state index in [1.165, 1.54) is 6.20 Å². The molecule has 2 rings (SSSR count). The summed E-state index contributed by atoms with van der Waals surface area (Å²) in [6.45, 7) is 7.42. The number of aromatic nitrogens is 1. The monoisotopic (exact) mass is 464 g/mol. The molecule has 5 nitrogen and oxygen atoms in total. The molecule has 1 amide bonds. The summed E-state index contributed by atoms with van der Waals surface area (Å²) in [6.07, 6.45) is 5.30. The average Bonchev–Trinajstić information content (AvgIpc) is 2.76. The van der Waals surface area contributed by atoms with Gasteiger partial charge in [-0.05, 0) is 48.6 Å². The number of hydrogen-bond acceptors (Lipinski definition) is 4. The predicted octanol–water partition coefficient (Wildman–Crippen LogP) is 5.07. The molecule has 7 heteroatoms. The van der Waals surface area contributed by atoms with Crippen molar-refractivity contribution in [2.24, 2.45) is 5.41 Å². The molecular formula is C24H30Cl2N2O3. The lowest BCUT2D eigenvalue weighted by Gasteiger charge is -2.35. The number of nitrogens with one attached hydrogen (secondary N) is 1. The van der Waals surface area contributed by atoms with E-state index >= 15 is 0 Å². The lowest BCUT2D eigenvalue weighted by Crippen LogP contribution is -2.46. The van der Waals surface area contributed by atoms with Gasteiger partial charge in [0.2, 0.25) is 5.91 Å². The Labute approximate surface area is 194 Å². The van der Waals surface area contributed by atoms with Gasteiger partial charge in [-0.1, -0.05) is 55.3 Å². The molecular weight excluding hydrogens is 435 g/mol. The number of amides is 1. The van der Waals surface area contributed by atoms with E-state index in [2.05, 4.69) is 16.9 Å². The Kier molecular flexibility index (Phi) is 9.51. The van der Waals surface area contributed by atoms with E-state index in [1.54, 1.807) is 42.6 Å². The molecule has 0 aliphatic heterocycles. The highest BCUT2D eigenvalue weighted by Gasteiger charge is 2.38. The summed E-state index contributed by atoms with van der Waals surface area (Å²) in [5.41, 5.74) is 0.537. The summed E-state index contributed by atoms with van der Waals surface area (Å²) in [5, 5.41) is 24.7. The number of halogens is 2. The second kappa shape index (κ2) is 11.6. The minimum Gasteiger partial charge on any atom is -0.394 e. The third-order valence-corrected chi connectivity index (χ3v) is 6.07. The fourth-order valence-electron chi connectivity index (χ4n) is 3.64. The minimum atomic E-state index is -0.908. The lowest BCUT2D eigenvalue weighted by atomic mass is 9.73. The van der Waals surface area contributed by atoms with Crippen molar-refractivity contribution in [3.05, 3.63) is 76.6 Å². The van der Waals surface area contributed by atoms with Crippen LogP contribution in [0.5, 0.6) is 0 Å². The number of rotatable bonds is 11. The Morgan fingerprint density at radius 1 is 1.23 bits per heavy atom. The number of carbonyl (C=O) groups is 1.